The van der Waals surface area contributed by atoms with Crippen LogP contribution in [0.2, 0.25) is 0 Å². The van der Waals surface area contributed by atoms with Gasteiger partial charge in [-0.05, 0) is 75.5 Å². The zero-order valence-electron chi connectivity index (χ0n) is 17.5. The first-order chi connectivity index (χ1) is 13.5. The number of piperidine rings is 1. The summed E-state index contributed by atoms with van der Waals surface area (Å²) in [5.41, 5.74) is 5.89. The number of pyridine rings is 1. The minimum absolute atomic E-state index is 0.503. The lowest BCUT2D eigenvalue weighted by atomic mass is 10.0. The molecule has 1 fully saturated rings. The van der Waals surface area contributed by atoms with Gasteiger partial charge in [0, 0.05) is 25.3 Å². The third kappa shape index (κ3) is 5.91. The fourth-order valence-electron chi connectivity index (χ4n) is 3.94. The number of benzene rings is 1. The van der Waals surface area contributed by atoms with Crippen LogP contribution in [-0.4, -0.2) is 35.6 Å². The summed E-state index contributed by atoms with van der Waals surface area (Å²) in [7, 11) is 0. The van der Waals surface area contributed by atoms with Crippen molar-refractivity contribution in [1.82, 2.24) is 15.2 Å². The van der Waals surface area contributed by atoms with Gasteiger partial charge in [0.25, 0.3) is 0 Å². The summed E-state index contributed by atoms with van der Waals surface area (Å²) in [6.07, 6.45) is 4.21. The Morgan fingerprint density at radius 1 is 1.21 bits per heavy atom. The van der Waals surface area contributed by atoms with Crippen LogP contribution in [0.4, 0.5) is 0 Å². The maximum absolute atomic E-state index is 6.05. The third-order valence-electron chi connectivity index (χ3n) is 5.29. The van der Waals surface area contributed by atoms with Crippen LogP contribution in [0.5, 0.6) is 5.75 Å². The molecule has 0 unspecified atom stereocenters. The molecule has 2 aromatic rings. The van der Waals surface area contributed by atoms with Gasteiger partial charge in [-0.1, -0.05) is 30.4 Å². The Hall–Kier alpha value is -2.17. The summed E-state index contributed by atoms with van der Waals surface area (Å²) in [5.74, 6) is 0.975. The molecule has 4 nitrogen and oxygen atoms in total. The molecule has 0 aliphatic carbocycles. The fourth-order valence-corrected chi connectivity index (χ4v) is 3.94. The summed E-state index contributed by atoms with van der Waals surface area (Å²) in [6, 6.07) is 11.0. The van der Waals surface area contributed by atoms with Crippen LogP contribution in [0.1, 0.15) is 42.1 Å². The summed E-state index contributed by atoms with van der Waals surface area (Å²) in [4.78, 5) is 6.83. The Balaban J connectivity index is 1.51. The highest BCUT2D eigenvalue weighted by Gasteiger charge is 2.18. The van der Waals surface area contributed by atoms with Gasteiger partial charge < -0.3 is 10.1 Å². The number of hydrogen-bond acceptors (Lipinski definition) is 4. The van der Waals surface area contributed by atoms with E-state index in [-0.39, 0.29) is 0 Å². The van der Waals surface area contributed by atoms with E-state index in [1.807, 2.05) is 18.2 Å². The molecule has 1 aliphatic heterocycles. The van der Waals surface area contributed by atoms with E-state index in [0.29, 0.717) is 12.6 Å². The molecule has 28 heavy (non-hydrogen) atoms. The van der Waals surface area contributed by atoms with E-state index in [1.54, 1.807) is 6.20 Å². The van der Waals surface area contributed by atoms with E-state index in [9.17, 15) is 0 Å². The van der Waals surface area contributed by atoms with Crippen molar-refractivity contribution in [2.45, 2.75) is 52.8 Å². The molecule has 2 heterocycles. The van der Waals surface area contributed by atoms with Crippen molar-refractivity contribution >= 4 is 0 Å². The van der Waals surface area contributed by atoms with Crippen LogP contribution in [0, 0.1) is 13.8 Å². The number of aryl methyl sites for hydroxylation is 2. The maximum Gasteiger partial charge on any atom is 0.130 e. The first kappa shape index (κ1) is 20.6. The van der Waals surface area contributed by atoms with Crippen molar-refractivity contribution in [3.05, 3.63) is 71.1 Å². The lowest BCUT2D eigenvalue weighted by molar-refractivity contribution is 0.211. The number of nitrogens with one attached hydrogen (secondary N) is 1. The van der Waals surface area contributed by atoms with Gasteiger partial charge in [-0.15, -0.1) is 0 Å². The van der Waals surface area contributed by atoms with Crippen LogP contribution in [-0.2, 0) is 13.2 Å². The molecule has 0 amide bonds. The number of aromatic nitrogens is 1. The van der Waals surface area contributed by atoms with Crippen molar-refractivity contribution in [1.29, 1.82) is 0 Å². The fraction of sp³-hybridized carbons (Fsp3) is 0.458. The van der Waals surface area contributed by atoms with Gasteiger partial charge in [-0.2, -0.15) is 0 Å². The number of likely N-dealkylation sites (tertiary alicyclic amines) is 1. The van der Waals surface area contributed by atoms with E-state index in [2.05, 4.69) is 54.7 Å². The van der Waals surface area contributed by atoms with Crippen LogP contribution >= 0.6 is 0 Å². The highest BCUT2D eigenvalue weighted by Crippen LogP contribution is 2.26. The van der Waals surface area contributed by atoms with Gasteiger partial charge in [0.2, 0.25) is 0 Å². The zero-order valence-corrected chi connectivity index (χ0v) is 17.5. The minimum Gasteiger partial charge on any atom is -0.487 e. The van der Waals surface area contributed by atoms with E-state index in [0.717, 1.165) is 37.6 Å². The molecule has 1 aliphatic rings. The summed E-state index contributed by atoms with van der Waals surface area (Å²) >= 11 is 0. The smallest absolute Gasteiger partial charge is 0.130 e. The highest BCUT2D eigenvalue weighted by molar-refractivity contribution is 5.43. The van der Waals surface area contributed by atoms with Gasteiger partial charge in [0.05, 0.1) is 5.69 Å². The highest BCUT2D eigenvalue weighted by atomic mass is 16.5. The average Bonchev–Trinajstić information content (AvgIpc) is 2.67. The molecule has 0 bridgehead atoms. The molecule has 0 atom stereocenters. The van der Waals surface area contributed by atoms with Gasteiger partial charge in [0.1, 0.15) is 12.4 Å². The maximum atomic E-state index is 6.05. The normalized spacial score (nSPS) is 15.5. The van der Waals surface area contributed by atoms with E-state index >= 15 is 0 Å². The Bertz CT molecular complexity index is 757. The van der Waals surface area contributed by atoms with Gasteiger partial charge in [-0.25, -0.2) is 0 Å². The molecule has 1 saturated heterocycles. The third-order valence-corrected chi connectivity index (χ3v) is 5.29. The molecule has 1 aromatic carbocycles. The van der Waals surface area contributed by atoms with E-state index in [1.165, 1.54) is 35.1 Å². The van der Waals surface area contributed by atoms with Gasteiger partial charge in [0.15, 0.2) is 0 Å². The number of ether oxygens (including phenoxy) is 1. The second-order valence-corrected chi connectivity index (χ2v) is 8.06. The Labute approximate surface area is 169 Å². The lowest BCUT2D eigenvalue weighted by Gasteiger charge is -2.32. The molecular weight excluding hydrogens is 346 g/mol. The monoisotopic (exact) mass is 379 g/mol. The number of hydrogen-bond donors (Lipinski definition) is 1. The Morgan fingerprint density at radius 2 is 1.93 bits per heavy atom. The van der Waals surface area contributed by atoms with Crippen molar-refractivity contribution in [3.63, 3.8) is 0 Å². The standard InChI is InChI=1S/C24H33N3O/c1-18(2)16-27-11-8-22(9-12-27)26-15-21-13-19(3)24(20(4)14-21)28-17-23-7-5-6-10-25-23/h5-7,10,13-14,22,26H,1,8-9,11-12,15-17H2,2-4H3. The van der Waals surface area contributed by atoms with Crippen molar-refractivity contribution in [3.8, 4) is 5.75 Å². The molecular formula is C24H33N3O. The molecule has 1 aromatic heterocycles. The van der Waals surface area contributed by atoms with Crippen molar-refractivity contribution < 1.29 is 4.74 Å². The van der Waals surface area contributed by atoms with Crippen LogP contribution in [0.15, 0.2) is 48.7 Å². The Kier molecular flexibility index (Phi) is 7.24. The first-order valence-corrected chi connectivity index (χ1v) is 10.2. The van der Waals surface area contributed by atoms with Crippen LogP contribution < -0.4 is 10.1 Å². The van der Waals surface area contributed by atoms with Gasteiger partial charge in [-0.3, -0.25) is 9.88 Å². The predicted octanol–water partition coefficient (Wildman–Crippen LogP) is 4.41. The first-order valence-electron chi connectivity index (χ1n) is 10.2. The summed E-state index contributed by atoms with van der Waals surface area (Å²) in [5, 5.41) is 3.74. The van der Waals surface area contributed by atoms with Crippen LogP contribution in [0.25, 0.3) is 0 Å². The molecule has 3 rings (SSSR count). The predicted molar refractivity (Wildman–Crippen MR) is 116 cm³/mol. The second kappa shape index (κ2) is 9.85. The average molecular weight is 380 g/mol. The quantitative estimate of drug-likeness (QED) is 0.690. The molecule has 0 radical (unpaired) electrons. The van der Waals surface area contributed by atoms with Gasteiger partial charge >= 0.3 is 0 Å². The van der Waals surface area contributed by atoms with Crippen molar-refractivity contribution in [2.24, 2.45) is 0 Å². The molecule has 150 valence electrons. The number of nitrogens with zero attached hydrogens (tertiary/aromatic N) is 2. The molecule has 4 heteroatoms. The minimum atomic E-state index is 0.503. The molecule has 0 spiro atoms. The van der Waals surface area contributed by atoms with Crippen LogP contribution in [0.3, 0.4) is 0 Å². The summed E-state index contributed by atoms with van der Waals surface area (Å²) in [6.45, 7) is 15.1. The van der Waals surface area contributed by atoms with Crippen molar-refractivity contribution in [2.75, 3.05) is 19.6 Å². The molecule has 0 saturated carbocycles. The largest absolute Gasteiger partial charge is 0.487 e. The SMILES string of the molecule is C=C(C)CN1CCC(NCc2cc(C)c(OCc3ccccn3)c(C)c2)CC1. The van der Waals surface area contributed by atoms with E-state index in [4.69, 9.17) is 4.74 Å². The number of rotatable bonds is 8. The molecule has 1 N–H and O–H groups in total. The van der Waals surface area contributed by atoms with E-state index < -0.39 is 0 Å². The Morgan fingerprint density at radius 3 is 2.54 bits per heavy atom. The zero-order chi connectivity index (χ0) is 19.9. The summed E-state index contributed by atoms with van der Waals surface area (Å²) < 4.78 is 6.05. The topological polar surface area (TPSA) is 37.4 Å². The lowest BCUT2D eigenvalue weighted by Crippen LogP contribution is -2.42. The second-order valence-electron chi connectivity index (χ2n) is 8.06.